The van der Waals surface area contributed by atoms with Crippen LogP contribution in [-0.4, -0.2) is 17.7 Å². The molecule has 0 radical (unpaired) electrons. The van der Waals surface area contributed by atoms with E-state index in [4.69, 9.17) is 9.84 Å². The maximum absolute atomic E-state index is 10.7. The molecule has 6 rings (SSSR count). The number of carboxylic acid groups (broad SMARTS) is 1. The molecule has 0 saturated heterocycles. The van der Waals surface area contributed by atoms with E-state index in [1.165, 1.54) is 61.3 Å². The van der Waals surface area contributed by atoms with Crippen molar-refractivity contribution in [1.82, 2.24) is 0 Å². The van der Waals surface area contributed by atoms with Crippen molar-refractivity contribution in [2.75, 3.05) is 6.61 Å². The lowest BCUT2D eigenvalue weighted by atomic mass is 9.48. The smallest absolute Gasteiger partial charge is 0.328 e. The van der Waals surface area contributed by atoms with Gasteiger partial charge in [-0.2, -0.15) is 0 Å². The van der Waals surface area contributed by atoms with Gasteiger partial charge in [0.25, 0.3) is 0 Å². The highest BCUT2D eigenvalue weighted by Gasteiger charge is 2.51. The molecule has 4 saturated carbocycles. The Balaban J connectivity index is 1.39. The van der Waals surface area contributed by atoms with Gasteiger partial charge in [-0.3, -0.25) is 0 Å². The fraction of sp³-hybridized carbons (Fsp3) is 0.464. The molecule has 1 N–H and O–H groups in total. The second-order valence-corrected chi connectivity index (χ2v) is 10.3. The molecule has 4 bridgehead atoms. The first kappa shape index (κ1) is 20.4. The molecule has 0 spiro atoms. The van der Waals surface area contributed by atoms with Crippen LogP contribution in [0.5, 0.6) is 5.75 Å². The van der Waals surface area contributed by atoms with E-state index in [0.29, 0.717) is 12.0 Å². The normalized spacial score (nSPS) is 32.1. The van der Waals surface area contributed by atoms with Crippen LogP contribution in [0, 0.1) is 17.8 Å². The first-order valence-corrected chi connectivity index (χ1v) is 11.6. The average Bonchev–Trinajstić information content (AvgIpc) is 2.71. The topological polar surface area (TPSA) is 46.5 Å². The Bertz CT molecular complexity index is 985. The summed E-state index contributed by atoms with van der Waals surface area (Å²) in [7, 11) is 0. The van der Waals surface area contributed by atoms with Gasteiger partial charge in [0.05, 0.1) is 0 Å². The van der Waals surface area contributed by atoms with E-state index in [9.17, 15) is 4.79 Å². The van der Waals surface area contributed by atoms with Crippen molar-refractivity contribution < 1.29 is 14.6 Å². The lowest BCUT2D eigenvalue weighted by Gasteiger charge is -2.57. The number of hydrogen-bond donors (Lipinski definition) is 1. The Kier molecular flexibility index (Phi) is 5.16. The predicted octanol–water partition coefficient (Wildman–Crippen LogP) is 6.46. The number of carbonyl (C=O) groups is 1. The molecule has 0 aromatic heterocycles. The highest BCUT2D eigenvalue weighted by atomic mass is 16.5. The zero-order chi connectivity index (χ0) is 21.6. The monoisotopic (exact) mass is 416 g/mol. The number of aliphatic carboxylic acids is 1. The van der Waals surface area contributed by atoms with Crippen molar-refractivity contribution in [3.05, 3.63) is 70.3 Å². The third kappa shape index (κ3) is 4.03. The maximum atomic E-state index is 10.7. The van der Waals surface area contributed by atoms with Crippen LogP contribution in [0.3, 0.4) is 0 Å². The molecule has 0 unspecified atom stereocenters. The van der Waals surface area contributed by atoms with E-state index >= 15 is 0 Å². The van der Waals surface area contributed by atoms with Crippen LogP contribution in [-0.2, 0) is 10.2 Å². The Hall–Kier alpha value is -2.55. The average molecular weight is 417 g/mol. The summed E-state index contributed by atoms with van der Waals surface area (Å²) in [5.41, 5.74) is 6.17. The summed E-state index contributed by atoms with van der Waals surface area (Å²) in [6.07, 6.45) is 17.8. The molecular formula is C28H32O3. The van der Waals surface area contributed by atoms with Gasteiger partial charge in [0, 0.05) is 11.6 Å². The summed E-state index contributed by atoms with van der Waals surface area (Å²) >= 11 is 0. The highest BCUT2D eigenvalue weighted by molar-refractivity contribution is 5.81. The molecule has 1 aromatic carbocycles. The molecule has 0 atom stereocenters. The molecule has 5 aliphatic rings. The first-order chi connectivity index (χ1) is 14.9. The van der Waals surface area contributed by atoms with Crippen LogP contribution in [0.2, 0.25) is 0 Å². The van der Waals surface area contributed by atoms with Crippen LogP contribution in [0.15, 0.2) is 59.2 Å². The largest absolute Gasteiger partial charge is 0.488 e. The van der Waals surface area contributed by atoms with Crippen molar-refractivity contribution in [1.29, 1.82) is 0 Å². The van der Waals surface area contributed by atoms with Gasteiger partial charge in [-0.05, 0) is 116 Å². The van der Waals surface area contributed by atoms with Crippen molar-refractivity contribution in [3.8, 4) is 5.75 Å². The van der Waals surface area contributed by atoms with Gasteiger partial charge in [0.1, 0.15) is 12.4 Å². The number of carboxylic acids is 1. The molecule has 3 nitrogen and oxygen atoms in total. The van der Waals surface area contributed by atoms with E-state index < -0.39 is 5.97 Å². The SMILES string of the molecule is CC(C=C/C=C(/C)C1=Cc2cc(C34CC5CC(CC(C5)C3)C4)ccc2OC1)=CC(=O)O. The Morgan fingerprint density at radius 3 is 2.42 bits per heavy atom. The second kappa shape index (κ2) is 7.85. The minimum Gasteiger partial charge on any atom is -0.488 e. The minimum atomic E-state index is -0.919. The standard InChI is InChI=1S/C28H32O3/c1-18(8-27(29)30)4-3-5-19(2)24-12-23-13-25(6-7-26(23)31-17-24)28-14-20-9-21(15-28)11-22(10-20)16-28/h3-8,12-13,20-22H,9-11,14-17H2,1-2H3,(H,29,30)/b4-3?,18-8?,19-5-. The summed E-state index contributed by atoms with van der Waals surface area (Å²) in [5, 5.41) is 8.83. The molecule has 1 aliphatic heterocycles. The zero-order valence-corrected chi connectivity index (χ0v) is 18.6. The van der Waals surface area contributed by atoms with E-state index in [1.54, 1.807) is 6.92 Å². The van der Waals surface area contributed by atoms with Gasteiger partial charge in [-0.1, -0.05) is 24.3 Å². The molecule has 4 aliphatic carbocycles. The molecule has 0 amide bonds. The van der Waals surface area contributed by atoms with Gasteiger partial charge in [-0.15, -0.1) is 0 Å². The summed E-state index contributed by atoms with van der Waals surface area (Å²) in [6.45, 7) is 4.45. The fourth-order valence-electron chi connectivity index (χ4n) is 6.89. The van der Waals surface area contributed by atoms with E-state index in [0.717, 1.165) is 34.6 Å². The van der Waals surface area contributed by atoms with E-state index in [2.05, 4.69) is 31.2 Å². The van der Waals surface area contributed by atoms with Crippen molar-refractivity contribution in [2.24, 2.45) is 17.8 Å². The third-order valence-corrected chi connectivity index (χ3v) is 7.94. The van der Waals surface area contributed by atoms with Crippen LogP contribution < -0.4 is 4.74 Å². The second-order valence-electron chi connectivity index (χ2n) is 10.3. The quantitative estimate of drug-likeness (QED) is 0.442. The molecular weight excluding hydrogens is 384 g/mol. The van der Waals surface area contributed by atoms with Crippen molar-refractivity contribution in [2.45, 2.75) is 57.8 Å². The molecule has 1 heterocycles. The summed E-state index contributed by atoms with van der Waals surface area (Å²) in [6, 6.07) is 6.94. The van der Waals surface area contributed by atoms with Crippen LogP contribution in [0.4, 0.5) is 0 Å². The third-order valence-electron chi connectivity index (χ3n) is 7.94. The molecule has 162 valence electrons. The minimum absolute atomic E-state index is 0.400. The number of hydrogen-bond acceptors (Lipinski definition) is 2. The van der Waals surface area contributed by atoms with Gasteiger partial charge in [0.2, 0.25) is 0 Å². The Morgan fingerprint density at radius 2 is 1.77 bits per heavy atom. The van der Waals surface area contributed by atoms with Crippen molar-refractivity contribution in [3.63, 3.8) is 0 Å². The van der Waals surface area contributed by atoms with Crippen molar-refractivity contribution >= 4 is 12.0 Å². The lowest BCUT2D eigenvalue weighted by molar-refractivity contribution is -0.131. The molecule has 31 heavy (non-hydrogen) atoms. The maximum Gasteiger partial charge on any atom is 0.328 e. The van der Waals surface area contributed by atoms with Gasteiger partial charge >= 0.3 is 5.97 Å². The Labute approximate surface area is 185 Å². The van der Waals surface area contributed by atoms with Crippen LogP contribution in [0.25, 0.3) is 6.08 Å². The molecule has 4 fully saturated rings. The molecule has 1 aromatic rings. The van der Waals surface area contributed by atoms with E-state index in [1.807, 2.05) is 18.2 Å². The Morgan fingerprint density at radius 1 is 1.10 bits per heavy atom. The van der Waals surface area contributed by atoms with E-state index in [-0.39, 0.29) is 0 Å². The summed E-state index contributed by atoms with van der Waals surface area (Å²) in [5.74, 6) is 2.90. The number of allylic oxidation sites excluding steroid dienone is 4. The number of fused-ring (bicyclic) bond motifs is 1. The highest BCUT2D eigenvalue weighted by Crippen LogP contribution is 2.61. The predicted molar refractivity (Wildman–Crippen MR) is 124 cm³/mol. The summed E-state index contributed by atoms with van der Waals surface area (Å²) < 4.78 is 6.09. The fourth-order valence-corrected chi connectivity index (χ4v) is 6.89. The van der Waals surface area contributed by atoms with Gasteiger partial charge < -0.3 is 9.84 Å². The van der Waals surface area contributed by atoms with Crippen LogP contribution in [0.1, 0.15) is 63.5 Å². The molecule has 3 heteroatoms. The number of benzene rings is 1. The zero-order valence-electron chi connectivity index (χ0n) is 18.6. The lowest BCUT2D eigenvalue weighted by Crippen LogP contribution is -2.48. The van der Waals surface area contributed by atoms with Crippen LogP contribution >= 0.6 is 0 Å². The van der Waals surface area contributed by atoms with Gasteiger partial charge in [0.15, 0.2) is 0 Å². The van der Waals surface area contributed by atoms with Gasteiger partial charge in [-0.25, -0.2) is 4.79 Å². The summed E-state index contributed by atoms with van der Waals surface area (Å²) in [4.78, 5) is 10.7. The number of ether oxygens (including phenoxy) is 1. The number of rotatable bonds is 5. The first-order valence-electron chi connectivity index (χ1n) is 11.6.